The van der Waals surface area contributed by atoms with E-state index in [4.69, 9.17) is 10.6 Å². The van der Waals surface area contributed by atoms with Crippen molar-refractivity contribution in [3.8, 4) is 5.75 Å². The fourth-order valence-corrected chi connectivity index (χ4v) is 3.46. The van der Waals surface area contributed by atoms with Crippen molar-refractivity contribution in [2.24, 2.45) is 5.84 Å². The summed E-state index contributed by atoms with van der Waals surface area (Å²) in [6, 6.07) is 8.80. The maximum atomic E-state index is 5.91. The fourth-order valence-electron chi connectivity index (χ4n) is 3.46. The highest BCUT2D eigenvalue weighted by molar-refractivity contribution is 5.37. The average molecular weight is 290 g/mol. The van der Waals surface area contributed by atoms with Gasteiger partial charge in [0.25, 0.3) is 0 Å². The summed E-state index contributed by atoms with van der Waals surface area (Å²) in [4.78, 5) is 5.09. The molecule has 116 valence electrons. The zero-order valence-corrected chi connectivity index (χ0v) is 12.8. The third kappa shape index (κ3) is 3.06. The van der Waals surface area contributed by atoms with Gasteiger partial charge in [0.15, 0.2) is 0 Å². The molecule has 1 aromatic carbocycles. The van der Waals surface area contributed by atoms with Crippen molar-refractivity contribution in [1.29, 1.82) is 0 Å². The Balaban J connectivity index is 1.83. The summed E-state index contributed by atoms with van der Waals surface area (Å²) in [6.07, 6.45) is 1.01. The highest BCUT2D eigenvalue weighted by atomic mass is 16.5. The summed E-state index contributed by atoms with van der Waals surface area (Å²) in [7, 11) is 0. The number of ether oxygens (including phenoxy) is 1. The molecule has 2 bridgehead atoms. The molecule has 0 saturated carbocycles. The smallest absolute Gasteiger partial charge is 0.124 e. The molecule has 2 unspecified atom stereocenters. The predicted molar refractivity (Wildman–Crippen MR) is 84.1 cm³/mol. The molecule has 3 aliphatic heterocycles. The Morgan fingerprint density at radius 2 is 2.05 bits per heavy atom. The Bertz CT molecular complexity index is 459. The lowest BCUT2D eigenvalue weighted by molar-refractivity contribution is -0.00408. The van der Waals surface area contributed by atoms with Gasteiger partial charge in [-0.1, -0.05) is 25.1 Å². The summed E-state index contributed by atoms with van der Waals surface area (Å²) in [6.45, 7) is 8.59. The number of piperazine rings is 3. The van der Waals surface area contributed by atoms with E-state index in [1.807, 2.05) is 12.1 Å². The van der Waals surface area contributed by atoms with Crippen molar-refractivity contribution in [2.45, 2.75) is 25.4 Å². The number of hydrogen-bond acceptors (Lipinski definition) is 5. The molecule has 3 fully saturated rings. The molecule has 3 heterocycles. The van der Waals surface area contributed by atoms with E-state index in [1.165, 1.54) is 18.7 Å². The van der Waals surface area contributed by atoms with Gasteiger partial charge in [-0.05, 0) is 12.5 Å². The molecule has 4 rings (SSSR count). The minimum absolute atomic E-state index is 0.112. The molecular weight excluding hydrogens is 264 g/mol. The first-order chi connectivity index (χ1) is 10.3. The zero-order chi connectivity index (χ0) is 14.7. The van der Waals surface area contributed by atoms with Gasteiger partial charge in [0, 0.05) is 44.3 Å². The Labute approximate surface area is 127 Å². The van der Waals surface area contributed by atoms with Crippen LogP contribution in [-0.2, 0) is 0 Å². The molecule has 3 aliphatic rings. The summed E-state index contributed by atoms with van der Waals surface area (Å²) in [5.74, 6) is 6.87. The van der Waals surface area contributed by atoms with Crippen LogP contribution < -0.4 is 16.0 Å². The van der Waals surface area contributed by atoms with E-state index in [0.717, 1.165) is 38.4 Å². The molecule has 3 N–H and O–H groups in total. The molecule has 0 aliphatic carbocycles. The fraction of sp³-hybridized carbons (Fsp3) is 0.625. The third-order valence-corrected chi connectivity index (χ3v) is 4.60. The number of nitrogens with two attached hydrogens (primary N) is 1. The van der Waals surface area contributed by atoms with E-state index in [-0.39, 0.29) is 6.04 Å². The Morgan fingerprint density at radius 1 is 1.29 bits per heavy atom. The topological polar surface area (TPSA) is 53.8 Å². The normalized spacial score (nSPS) is 29.3. The lowest BCUT2D eigenvalue weighted by Gasteiger charge is -2.50. The molecule has 5 heteroatoms. The van der Waals surface area contributed by atoms with Crippen LogP contribution in [0, 0.1) is 0 Å². The van der Waals surface area contributed by atoms with Gasteiger partial charge in [0.05, 0.1) is 12.6 Å². The van der Waals surface area contributed by atoms with Crippen molar-refractivity contribution in [3.63, 3.8) is 0 Å². The van der Waals surface area contributed by atoms with Crippen LogP contribution in [-0.4, -0.2) is 55.2 Å². The van der Waals surface area contributed by atoms with Crippen LogP contribution in [0.25, 0.3) is 0 Å². The van der Waals surface area contributed by atoms with Crippen LogP contribution in [0.3, 0.4) is 0 Å². The predicted octanol–water partition coefficient (Wildman–Crippen LogP) is 0.980. The van der Waals surface area contributed by atoms with Crippen molar-refractivity contribution < 1.29 is 4.74 Å². The first-order valence-electron chi connectivity index (χ1n) is 7.97. The first-order valence-corrected chi connectivity index (χ1v) is 7.97. The van der Waals surface area contributed by atoms with E-state index < -0.39 is 0 Å². The van der Waals surface area contributed by atoms with E-state index in [0.29, 0.717) is 6.04 Å². The number of rotatable bonds is 6. The molecule has 1 aromatic rings. The Morgan fingerprint density at radius 3 is 2.67 bits per heavy atom. The average Bonchev–Trinajstić information content (AvgIpc) is 2.56. The van der Waals surface area contributed by atoms with Gasteiger partial charge in [-0.2, -0.15) is 0 Å². The number of para-hydroxylation sites is 1. The van der Waals surface area contributed by atoms with Crippen LogP contribution in [0.2, 0.25) is 0 Å². The van der Waals surface area contributed by atoms with Crippen molar-refractivity contribution in [1.82, 2.24) is 15.2 Å². The van der Waals surface area contributed by atoms with Crippen LogP contribution in [0.15, 0.2) is 24.3 Å². The van der Waals surface area contributed by atoms with Gasteiger partial charge in [-0.3, -0.25) is 21.1 Å². The molecule has 0 amide bonds. The lowest BCUT2D eigenvalue weighted by atomic mass is 9.94. The van der Waals surface area contributed by atoms with E-state index in [9.17, 15) is 0 Å². The Kier molecular flexibility index (Phi) is 4.75. The summed E-state index contributed by atoms with van der Waals surface area (Å²) >= 11 is 0. The van der Waals surface area contributed by atoms with Gasteiger partial charge in [-0.15, -0.1) is 0 Å². The monoisotopic (exact) mass is 290 g/mol. The van der Waals surface area contributed by atoms with E-state index >= 15 is 0 Å². The number of nitrogens with zero attached hydrogens (tertiary/aromatic N) is 2. The van der Waals surface area contributed by atoms with Crippen LogP contribution in [0.4, 0.5) is 0 Å². The number of hydrazine groups is 1. The van der Waals surface area contributed by atoms with Crippen LogP contribution >= 0.6 is 0 Å². The first kappa shape index (κ1) is 14.8. The second-order valence-corrected chi connectivity index (χ2v) is 5.93. The highest BCUT2D eigenvalue weighted by Crippen LogP contribution is 2.32. The van der Waals surface area contributed by atoms with E-state index in [2.05, 4.69) is 34.3 Å². The van der Waals surface area contributed by atoms with Gasteiger partial charge < -0.3 is 4.74 Å². The molecule has 2 atom stereocenters. The summed E-state index contributed by atoms with van der Waals surface area (Å²) < 4.78 is 5.91. The SMILES string of the molecule is CCCOc1ccccc1C(NN)C1CN2CCN1CC2. The molecule has 0 aromatic heterocycles. The molecular formula is C16H26N4O. The number of nitrogens with one attached hydrogen (secondary N) is 1. The minimum Gasteiger partial charge on any atom is -0.493 e. The number of hydrogen-bond donors (Lipinski definition) is 2. The maximum Gasteiger partial charge on any atom is 0.124 e. The summed E-state index contributed by atoms with van der Waals surface area (Å²) in [5, 5.41) is 0. The van der Waals surface area contributed by atoms with Crippen molar-refractivity contribution in [2.75, 3.05) is 39.3 Å². The molecule has 0 radical (unpaired) electrons. The summed E-state index contributed by atoms with van der Waals surface area (Å²) in [5.41, 5.74) is 4.21. The Hall–Kier alpha value is -1.14. The molecule has 3 saturated heterocycles. The minimum atomic E-state index is 0.112. The standard InChI is InChI=1S/C16H26N4O/c1-2-11-21-15-6-4-3-5-13(15)16(18-17)14-12-19-7-9-20(14)10-8-19/h3-6,14,16,18H,2,7-12,17H2,1H3. The second kappa shape index (κ2) is 6.75. The van der Waals surface area contributed by atoms with Gasteiger partial charge in [0.2, 0.25) is 0 Å². The van der Waals surface area contributed by atoms with Crippen molar-refractivity contribution in [3.05, 3.63) is 29.8 Å². The van der Waals surface area contributed by atoms with E-state index in [1.54, 1.807) is 0 Å². The second-order valence-electron chi connectivity index (χ2n) is 5.93. The number of benzene rings is 1. The largest absolute Gasteiger partial charge is 0.493 e. The van der Waals surface area contributed by atoms with Crippen molar-refractivity contribution >= 4 is 0 Å². The van der Waals surface area contributed by atoms with Crippen LogP contribution in [0.1, 0.15) is 24.9 Å². The number of fused-ring (bicyclic) bond motifs is 3. The molecule has 0 spiro atoms. The molecule has 5 nitrogen and oxygen atoms in total. The molecule has 21 heavy (non-hydrogen) atoms. The van der Waals surface area contributed by atoms with Crippen LogP contribution in [0.5, 0.6) is 5.75 Å². The lowest BCUT2D eigenvalue weighted by Crippen LogP contribution is -2.64. The quantitative estimate of drug-likeness (QED) is 0.604. The maximum absolute atomic E-state index is 5.91. The van der Waals surface area contributed by atoms with Gasteiger partial charge in [-0.25, -0.2) is 0 Å². The highest BCUT2D eigenvalue weighted by Gasteiger charge is 2.37. The third-order valence-electron chi connectivity index (χ3n) is 4.60. The van der Waals surface area contributed by atoms with Gasteiger partial charge >= 0.3 is 0 Å². The van der Waals surface area contributed by atoms with Gasteiger partial charge in [0.1, 0.15) is 5.75 Å². The zero-order valence-electron chi connectivity index (χ0n) is 12.8.